The Labute approximate surface area is 122 Å². The molecule has 6 heteroatoms. The van der Waals surface area contributed by atoms with E-state index in [1.807, 2.05) is 0 Å². The van der Waals surface area contributed by atoms with Crippen molar-refractivity contribution in [3.05, 3.63) is 58.1 Å². The van der Waals surface area contributed by atoms with E-state index in [1.165, 1.54) is 7.11 Å². The highest BCUT2D eigenvalue weighted by Crippen LogP contribution is 2.21. The van der Waals surface area contributed by atoms with Gasteiger partial charge in [0.2, 0.25) is 0 Å². The molecule has 1 N–H and O–H groups in total. The summed E-state index contributed by atoms with van der Waals surface area (Å²) in [4.78, 5) is 11.9. The molecule has 0 fully saturated rings. The van der Waals surface area contributed by atoms with E-state index in [0.717, 1.165) is 12.1 Å². The van der Waals surface area contributed by atoms with Crippen LogP contribution in [0.3, 0.4) is 0 Å². The largest absolute Gasteiger partial charge is 0.497 e. The van der Waals surface area contributed by atoms with E-state index in [1.54, 1.807) is 24.3 Å². The molecule has 0 saturated heterocycles. The first-order valence-electron chi connectivity index (χ1n) is 5.61. The van der Waals surface area contributed by atoms with Crippen molar-refractivity contribution in [1.82, 2.24) is 0 Å². The minimum atomic E-state index is -0.928. The van der Waals surface area contributed by atoms with E-state index in [0.29, 0.717) is 11.4 Å². The normalized spacial score (nSPS) is 10.2. The minimum absolute atomic E-state index is 0.230. The lowest BCUT2D eigenvalue weighted by Gasteiger charge is -2.08. The van der Waals surface area contributed by atoms with Crippen molar-refractivity contribution >= 4 is 27.5 Å². The maximum atomic E-state index is 13.6. The van der Waals surface area contributed by atoms with Crippen LogP contribution in [0.1, 0.15) is 10.4 Å². The van der Waals surface area contributed by atoms with Crippen LogP contribution in [0.15, 0.2) is 40.9 Å². The summed E-state index contributed by atoms with van der Waals surface area (Å²) in [5.74, 6) is -2.09. The molecule has 3 nitrogen and oxygen atoms in total. The van der Waals surface area contributed by atoms with Gasteiger partial charge in [-0.05, 0) is 36.4 Å². The Hall–Kier alpha value is -1.95. The summed E-state index contributed by atoms with van der Waals surface area (Å²) in [6.45, 7) is 0. The summed E-state index contributed by atoms with van der Waals surface area (Å²) >= 11 is 2.95. The molecule has 0 aromatic heterocycles. The lowest BCUT2D eigenvalue weighted by atomic mass is 10.1. The number of hydrogen-bond donors (Lipinski definition) is 1. The van der Waals surface area contributed by atoms with E-state index < -0.39 is 23.1 Å². The first-order valence-corrected chi connectivity index (χ1v) is 6.40. The number of halogens is 3. The van der Waals surface area contributed by atoms with Gasteiger partial charge in [0.25, 0.3) is 5.91 Å². The summed E-state index contributed by atoms with van der Waals surface area (Å²) in [5.41, 5.74) is -0.207. The third-order valence-electron chi connectivity index (χ3n) is 2.58. The van der Waals surface area contributed by atoms with Crippen LogP contribution >= 0.6 is 15.9 Å². The summed E-state index contributed by atoms with van der Waals surface area (Å²) < 4.78 is 32.5. The maximum absolute atomic E-state index is 13.6. The second-order valence-corrected chi connectivity index (χ2v) is 4.84. The molecule has 0 radical (unpaired) electrons. The van der Waals surface area contributed by atoms with Gasteiger partial charge in [0.1, 0.15) is 22.9 Å². The molecule has 0 aliphatic rings. The lowest BCUT2D eigenvalue weighted by Crippen LogP contribution is -2.15. The molecule has 0 heterocycles. The molecule has 0 aliphatic heterocycles. The molecular formula is C14H10BrF2NO2. The molecule has 104 valence electrons. The van der Waals surface area contributed by atoms with Gasteiger partial charge >= 0.3 is 0 Å². The zero-order chi connectivity index (χ0) is 14.7. The SMILES string of the molecule is COc1ccc(NC(=O)c2c(F)cc(Br)cc2F)cc1. The summed E-state index contributed by atoms with van der Waals surface area (Å²) in [5, 5.41) is 2.42. The first-order chi connectivity index (χ1) is 9.51. The standard InChI is InChI=1S/C14H10BrF2NO2/c1-20-10-4-2-9(3-5-10)18-14(19)13-11(16)6-8(15)7-12(13)17/h2-7H,1H3,(H,18,19). The second-order valence-electron chi connectivity index (χ2n) is 3.93. The molecule has 0 spiro atoms. The van der Waals surface area contributed by atoms with Gasteiger partial charge in [0.15, 0.2) is 0 Å². The van der Waals surface area contributed by atoms with Gasteiger partial charge < -0.3 is 10.1 Å². The Morgan fingerprint density at radius 2 is 1.70 bits per heavy atom. The molecule has 20 heavy (non-hydrogen) atoms. The zero-order valence-corrected chi connectivity index (χ0v) is 12.0. The van der Waals surface area contributed by atoms with Gasteiger partial charge in [-0.15, -0.1) is 0 Å². The van der Waals surface area contributed by atoms with Gasteiger partial charge in [0.05, 0.1) is 7.11 Å². The Morgan fingerprint density at radius 1 is 1.15 bits per heavy atom. The highest BCUT2D eigenvalue weighted by Gasteiger charge is 2.18. The number of hydrogen-bond acceptors (Lipinski definition) is 2. The predicted octanol–water partition coefficient (Wildman–Crippen LogP) is 3.99. The molecule has 0 atom stereocenters. The Morgan fingerprint density at radius 3 is 2.20 bits per heavy atom. The summed E-state index contributed by atoms with van der Waals surface area (Å²) in [6.07, 6.45) is 0. The van der Waals surface area contributed by atoms with Gasteiger partial charge in [-0.25, -0.2) is 8.78 Å². The van der Waals surface area contributed by atoms with E-state index in [-0.39, 0.29) is 4.47 Å². The topological polar surface area (TPSA) is 38.3 Å². The summed E-state index contributed by atoms with van der Waals surface area (Å²) in [6, 6.07) is 8.47. The molecule has 0 bridgehead atoms. The second kappa shape index (κ2) is 6.00. The number of carbonyl (C=O) groups excluding carboxylic acids is 1. The average molecular weight is 342 g/mol. The molecule has 2 aromatic rings. The van der Waals surface area contributed by atoms with Crippen LogP contribution in [0, 0.1) is 11.6 Å². The van der Waals surface area contributed by atoms with Gasteiger partial charge in [-0.2, -0.15) is 0 Å². The van der Waals surface area contributed by atoms with Gasteiger partial charge in [0, 0.05) is 10.2 Å². The fourth-order valence-corrected chi connectivity index (χ4v) is 2.03. The third-order valence-corrected chi connectivity index (χ3v) is 3.04. The molecule has 0 aliphatic carbocycles. The van der Waals surface area contributed by atoms with Crippen molar-refractivity contribution in [3.63, 3.8) is 0 Å². The van der Waals surface area contributed by atoms with Crippen molar-refractivity contribution in [1.29, 1.82) is 0 Å². The van der Waals surface area contributed by atoms with Crippen molar-refractivity contribution in [2.45, 2.75) is 0 Å². The van der Waals surface area contributed by atoms with Crippen LogP contribution in [0.4, 0.5) is 14.5 Å². The first kappa shape index (κ1) is 14.5. The van der Waals surface area contributed by atoms with E-state index in [2.05, 4.69) is 21.2 Å². The van der Waals surface area contributed by atoms with Crippen LogP contribution in [0.25, 0.3) is 0 Å². The quantitative estimate of drug-likeness (QED) is 0.916. The van der Waals surface area contributed by atoms with Crippen molar-refractivity contribution in [2.24, 2.45) is 0 Å². The zero-order valence-electron chi connectivity index (χ0n) is 10.4. The number of rotatable bonds is 3. The number of nitrogens with one attached hydrogen (secondary N) is 1. The number of anilines is 1. The number of methoxy groups -OCH3 is 1. The lowest BCUT2D eigenvalue weighted by molar-refractivity contribution is 0.101. The smallest absolute Gasteiger partial charge is 0.261 e. The van der Waals surface area contributed by atoms with Crippen LogP contribution in [-0.2, 0) is 0 Å². The molecule has 2 aromatic carbocycles. The van der Waals surface area contributed by atoms with E-state index >= 15 is 0 Å². The third kappa shape index (κ3) is 3.14. The maximum Gasteiger partial charge on any atom is 0.261 e. The Kier molecular flexibility index (Phi) is 4.34. The molecule has 0 saturated carbocycles. The fraction of sp³-hybridized carbons (Fsp3) is 0.0714. The van der Waals surface area contributed by atoms with Crippen molar-refractivity contribution in [3.8, 4) is 5.75 Å². The number of amides is 1. The van der Waals surface area contributed by atoms with Gasteiger partial charge in [-0.1, -0.05) is 15.9 Å². The predicted molar refractivity (Wildman–Crippen MR) is 75.0 cm³/mol. The van der Waals surface area contributed by atoms with Crippen LogP contribution in [0.5, 0.6) is 5.75 Å². The highest BCUT2D eigenvalue weighted by molar-refractivity contribution is 9.10. The van der Waals surface area contributed by atoms with Crippen LogP contribution in [0.2, 0.25) is 0 Å². The van der Waals surface area contributed by atoms with E-state index in [4.69, 9.17) is 4.74 Å². The minimum Gasteiger partial charge on any atom is -0.497 e. The fourth-order valence-electron chi connectivity index (χ4n) is 1.63. The van der Waals surface area contributed by atoms with Gasteiger partial charge in [-0.3, -0.25) is 4.79 Å². The highest BCUT2D eigenvalue weighted by atomic mass is 79.9. The monoisotopic (exact) mass is 341 g/mol. The number of carbonyl (C=O) groups is 1. The number of benzene rings is 2. The van der Waals surface area contributed by atoms with Crippen LogP contribution < -0.4 is 10.1 Å². The Bertz CT molecular complexity index is 621. The average Bonchev–Trinajstić information content (AvgIpc) is 2.38. The Balaban J connectivity index is 2.23. The van der Waals surface area contributed by atoms with Crippen LogP contribution in [-0.4, -0.2) is 13.0 Å². The molecule has 0 unspecified atom stereocenters. The van der Waals surface area contributed by atoms with Crippen molar-refractivity contribution in [2.75, 3.05) is 12.4 Å². The molecule has 1 amide bonds. The van der Waals surface area contributed by atoms with Crippen molar-refractivity contribution < 1.29 is 18.3 Å². The van der Waals surface area contributed by atoms with E-state index in [9.17, 15) is 13.6 Å². The molecular weight excluding hydrogens is 332 g/mol. The number of ether oxygens (including phenoxy) is 1. The summed E-state index contributed by atoms with van der Waals surface area (Å²) in [7, 11) is 1.51. The molecule has 2 rings (SSSR count).